The van der Waals surface area contributed by atoms with Gasteiger partial charge in [0.2, 0.25) is 0 Å². The first-order chi connectivity index (χ1) is 18.5. The third-order valence-electron chi connectivity index (χ3n) is 5.98. The molecule has 0 saturated carbocycles. The first-order valence-corrected chi connectivity index (χ1v) is 12.8. The van der Waals surface area contributed by atoms with Gasteiger partial charge >= 0.3 is 5.97 Å². The zero-order valence-electron chi connectivity index (χ0n) is 20.7. The lowest BCUT2D eigenvalue weighted by atomic mass is 10.0. The number of hydrogen-bond donors (Lipinski definition) is 1. The van der Waals surface area contributed by atoms with Gasteiger partial charge in [0.25, 0.3) is 5.91 Å². The number of aromatic nitrogens is 1. The molecule has 0 unspecified atom stereocenters. The first kappa shape index (κ1) is 25.1. The molecular formula is C30H23FN2O4S. The van der Waals surface area contributed by atoms with E-state index in [-0.39, 0.29) is 11.4 Å². The van der Waals surface area contributed by atoms with Crippen LogP contribution in [-0.4, -0.2) is 30.6 Å². The van der Waals surface area contributed by atoms with Crippen LogP contribution in [-0.2, 0) is 4.74 Å². The number of ether oxygens (including phenoxy) is 2. The number of halogens is 1. The lowest BCUT2D eigenvalue weighted by Crippen LogP contribution is -2.15. The Hall–Kier alpha value is -4.56. The van der Waals surface area contributed by atoms with E-state index in [0.717, 1.165) is 11.3 Å². The Balaban J connectivity index is 1.55. The molecule has 1 amide bonds. The minimum Gasteiger partial charge on any atom is -0.494 e. The molecule has 6 nitrogen and oxygen atoms in total. The summed E-state index contributed by atoms with van der Waals surface area (Å²) in [6.45, 7) is 2.49. The Morgan fingerprint density at radius 2 is 1.68 bits per heavy atom. The number of carbonyl (C=O) groups excluding carboxylic acids is 2. The van der Waals surface area contributed by atoms with Crippen LogP contribution in [0.25, 0.3) is 33.3 Å². The van der Waals surface area contributed by atoms with Crippen molar-refractivity contribution < 1.29 is 23.5 Å². The highest BCUT2D eigenvalue weighted by Gasteiger charge is 2.24. The average molecular weight is 527 g/mol. The number of hydrogen-bond acceptors (Lipinski definition) is 6. The number of nitrogens with one attached hydrogen (secondary N) is 1. The summed E-state index contributed by atoms with van der Waals surface area (Å²) in [6, 6.07) is 22.4. The van der Waals surface area contributed by atoms with E-state index in [0.29, 0.717) is 44.9 Å². The van der Waals surface area contributed by atoms with Gasteiger partial charge in [-0.15, -0.1) is 11.3 Å². The lowest BCUT2D eigenvalue weighted by molar-refractivity contribution is 0.0603. The van der Waals surface area contributed by atoms with Crippen molar-refractivity contribution in [3.63, 3.8) is 0 Å². The maximum Gasteiger partial charge on any atom is 0.341 e. The summed E-state index contributed by atoms with van der Waals surface area (Å²) in [5.74, 6) is -0.631. The van der Waals surface area contributed by atoms with E-state index >= 15 is 0 Å². The number of carbonyl (C=O) groups is 2. The molecule has 0 atom stereocenters. The molecule has 0 aliphatic carbocycles. The average Bonchev–Trinajstić information content (AvgIpc) is 3.36. The summed E-state index contributed by atoms with van der Waals surface area (Å²) in [5.41, 5.74) is 3.93. The van der Waals surface area contributed by atoms with Crippen LogP contribution >= 0.6 is 11.3 Å². The number of amides is 1. The van der Waals surface area contributed by atoms with Gasteiger partial charge in [0, 0.05) is 21.9 Å². The molecule has 0 aliphatic rings. The lowest BCUT2D eigenvalue weighted by Gasteiger charge is -2.12. The van der Waals surface area contributed by atoms with Gasteiger partial charge in [-0.05, 0) is 61.0 Å². The van der Waals surface area contributed by atoms with Crippen molar-refractivity contribution in [1.29, 1.82) is 0 Å². The molecule has 0 saturated heterocycles. The number of para-hydroxylation sites is 1. The van der Waals surface area contributed by atoms with Crippen LogP contribution in [0.4, 0.5) is 9.39 Å². The topological polar surface area (TPSA) is 77.5 Å². The maximum atomic E-state index is 13.7. The molecule has 0 bridgehead atoms. The van der Waals surface area contributed by atoms with Crippen LogP contribution < -0.4 is 10.1 Å². The van der Waals surface area contributed by atoms with E-state index in [2.05, 4.69) is 5.32 Å². The van der Waals surface area contributed by atoms with Crippen LogP contribution in [0.5, 0.6) is 5.75 Å². The molecule has 38 heavy (non-hydrogen) atoms. The summed E-state index contributed by atoms with van der Waals surface area (Å²) in [6.07, 6.45) is 0. The largest absolute Gasteiger partial charge is 0.494 e. The highest BCUT2D eigenvalue weighted by atomic mass is 32.1. The van der Waals surface area contributed by atoms with Gasteiger partial charge in [0.05, 0.1) is 30.5 Å². The first-order valence-electron chi connectivity index (χ1n) is 11.9. The van der Waals surface area contributed by atoms with Gasteiger partial charge in [0.15, 0.2) is 0 Å². The number of methoxy groups -OCH3 is 1. The van der Waals surface area contributed by atoms with E-state index in [1.807, 2.05) is 55.5 Å². The highest BCUT2D eigenvalue weighted by molar-refractivity contribution is 7.15. The third-order valence-corrected chi connectivity index (χ3v) is 6.88. The number of esters is 1. The maximum absolute atomic E-state index is 13.7. The van der Waals surface area contributed by atoms with Gasteiger partial charge in [-0.1, -0.05) is 30.3 Å². The minimum absolute atomic E-state index is 0.211. The van der Waals surface area contributed by atoms with Gasteiger partial charge < -0.3 is 14.8 Å². The van der Waals surface area contributed by atoms with Gasteiger partial charge in [-0.25, -0.2) is 14.2 Å². The standard InChI is InChI=1S/C30H23FN2O4S/c1-3-37-21-14-10-19(11-15-21)26-16-23(22-6-4-5-7-25(22)32-26)28(34)33-29-27(30(35)36-2)24(17-38-29)18-8-12-20(31)13-9-18/h4-17H,3H2,1-2H3,(H,33,34). The van der Waals surface area contributed by atoms with Crippen molar-refractivity contribution >= 4 is 39.1 Å². The number of thiophene rings is 1. The second-order valence-corrected chi connectivity index (χ2v) is 9.22. The predicted octanol–water partition coefficient (Wildman–Crippen LogP) is 7.21. The van der Waals surface area contributed by atoms with Crippen LogP contribution in [0.15, 0.2) is 84.2 Å². The molecule has 0 radical (unpaired) electrons. The molecule has 0 aliphatic heterocycles. The molecule has 0 fully saturated rings. The van der Waals surface area contributed by atoms with E-state index in [4.69, 9.17) is 14.5 Å². The number of anilines is 1. The Bertz CT molecular complexity index is 1630. The zero-order chi connectivity index (χ0) is 26.6. The fourth-order valence-electron chi connectivity index (χ4n) is 4.17. The van der Waals surface area contributed by atoms with Crippen LogP contribution in [0.2, 0.25) is 0 Å². The van der Waals surface area contributed by atoms with E-state index in [1.54, 1.807) is 23.6 Å². The molecule has 2 aromatic heterocycles. The van der Waals surface area contributed by atoms with Crippen molar-refractivity contribution in [3.8, 4) is 28.1 Å². The Morgan fingerprint density at radius 1 is 0.974 bits per heavy atom. The molecule has 0 spiro atoms. The van der Waals surface area contributed by atoms with Gasteiger partial charge in [-0.2, -0.15) is 0 Å². The number of nitrogens with zero attached hydrogens (tertiary/aromatic N) is 1. The quantitative estimate of drug-likeness (QED) is 0.227. The van der Waals surface area contributed by atoms with E-state index in [9.17, 15) is 14.0 Å². The van der Waals surface area contributed by atoms with E-state index < -0.39 is 11.9 Å². The second-order valence-electron chi connectivity index (χ2n) is 8.34. The van der Waals surface area contributed by atoms with Crippen LogP contribution in [0.3, 0.4) is 0 Å². The number of pyridine rings is 1. The summed E-state index contributed by atoms with van der Waals surface area (Å²) in [4.78, 5) is 31.1. The van der Waals surface area contributed by atoms with Crippen LogP contribution in [0.1, 0.15) is 27.6 Å². The molecule has 190 valence electrons. The van der Waals surface area contributed by atoms with E-state index in [1.165, 1.54) is 30.6 Å². The Morgan fingerprint density at radius 3 is 2.39 bits per heavy atom. The Kier molecular flexibility index (Phi) is 7.15. The van der Waals surface area contributed by atoms with Crippen molar-refractivity contribution in [1.82, 2.24) is 4.98 Å². The normalized spacial score (nSPS) is 10.8. The smallest absolute Gasteiger partial charge is 0.341 e. The van der Waals surface area contributed by atoms with Crippen molar-refractivity contribution in [2.24, 2.45) is 0 Å². The molecule has 5 rings (SSSR count). The minimum atomic E-state index is -0.601. The number of benzene rings is 3. The van der Waals surface area contributed by atoms with Crippen LogP contribution in [0, 0.1) is 5.82 Å². The third kappa shape index (κ3) is 4.99. The fraction of sp³-hybridized carbons (Fsp3) is 0.100. The van der Waals surface area contributed by atoms with Crippen molar-refractivity contribution in [2.45, 2.75) is 6.92 Å². The monoisotopic (exact) mass is 526 g/mol. The fourth-order valence-corrected chi connectivity index (χ4v) is 5.12. The molecule has 5 aromatic rings. The SMILES string of the molecule is CCOc1ccc(-c2cc(C(=O)Nc3scc(-c4ccc(F)cc4)c3C(=O)OC)c3ccccc3n2)cc1. The van der Waals surface area contributed by atoms with Crippen molar-refractivity contribution in [3.05, 3.63) is 101 Å². The molecule has 3 aromatic carbocycles. The van der Waals surface area contributed by atoms with Gasteiger partial charge in [0.1, 0.15) is 22.1 Å². The summed E-state index contributed by atoms with van der Waals surface area (Å²) in [5, 5.41) is 5.65. The zero-order valence-corrected chi connectivity index (χ0v) is 21.5. The Labute approximate surface area is 222 Å². The summed E-state index contributed by atoms with van der Waals surface area (Å²) >= 11 is 1.20. The second kappa shape index (κ2) is 10.8. The molecule has 8 heteroatoms. The molecule has 1 N–H and O–H groups in total. The van der Waals surface area contributed by atoms with Gasteiger partial charge in [-0.3, -0.25) is 4.79 Å². The molecule has 2 heterocycles. The highest BCUT2D eigenvalue weighted by Crippen LogP contribution is 2.37. The summed E-state index contributed by atoms with van der Waals surface area (Å²) < 4.78 is 24.0. The molecular weight excluding hydrogens is 503 g/mol. The summed E-state index contributed by atoms with van der Waals surface area (Å²) in [7, 11) is 1.28. The number of fused-ring (bicyclic) bond motifs is 1. The number of rotatable bonds is 7. The van der Waals surface area contributed by atoms with Crippen molar-refractivity contribution in [2.75, 3.05) is 19.0 Å². The predicted molar refractivity (Wildman–Crippen MR) is 147 cm³/mol.